The first-order valence-corrected chi connectivity index (χ1v) is 6.57. The summed E-state index contributed by atoms with van der Waals surface area (Å²) in [7, 11) is 0. The molecular weight excluding hydrogens is 274 g/mol. The average molecular weight is 289 g/mol. The molecule has 0 aliphatic rings. The first-order valence-electron chi connectivity index (χ1n) is 6.57. The molecule has 1 heterocycles. The van der Waals surface area contributed by atoms with Gasteiger partial charge in [-0.05, 0) is 32.0 Å². The van der Waals surface area contributed by atoms with E-state index in [1.54, 1.807) is 13.8 Å². The molecule has 0 radical (unpaired) electrons. The molecule has 2 rings (SSSR count). The summed E-state index contributed by atoms with van der Waals surface area (Å²) in [6.07, 6.45) is 0. The number of aromatic carboxylic acids is 1. The molecule has 0 spiro atoms. The normalized spacial score (nSPS) is 10.6. The molecule has 0 fully saturated rings. The molecule has 0 aliphatic heterocycles. The van der Waals surface area contributed by atoms with Gasteiger partial charge in [0, 0.05) is 18.0 Å². The van der Waals surface area contributed by atoms with E-state index >= 15 is 0 Å². The third-order valence-electron chi connectivity index (χ3n) is 3.14. The molecule has 110 valence electrons. The van der Waals surface area contributed by atoms with E-state index in [-0.39, 0.29) is 22.3 Å². The van der Waals surface area contributed by atoms with Crippen molar-refractivity contribution in [2.24, 2.45) is 0 Å². The molecule has 0 saturated carbocycles. The van der Waals surface area contributed by atoms with Crippen molar-refractivity contribution in [2.45, 2.75) is 20.4 Å². The molecule has 1 aromatic carbocycles. The van der Waals surface area contributed by atoms with E-state index in [0.717, 1.165) is 6.07 Å². The summed E-state index contributed by atoms with van der Waals surface area (Å²) in [5.41, 5.74) is -0.521. The highest BCUT2D eigenvalue weighted by atomic mass is 16.5. The molecule has 2 aromatic rings. The zero-order valence-corrected chi connectivity index (χ0v) is 11.8. The lowest BCUT2D eigenvalue weighted by Crippen LogP contribution is -2.17. The van der Waals surface area contributed by atoms with E-state index in [2.05, 4.69) is 0 Å². The minimum Gasteiger partial charge on any atom is -0.490 e. The number of carboxylic acid groups (broad SMARTS) is 1. The molecule has 1 aromatic heterocycles. The third-order valence-corrected chi connectivity index (χ3v) is 3.14. The Morgan fingerprint density at radius 2 is 1.90 bits per heavy atom. The predicted octanol–water partition coefficient (Wildman–Crippen LogP) is 1.48. The highest BCUT2D eigenvalue weighted by molar-refractivity contribution is 5.90. The van der Waals surface area contributed by atoms with Crippen molar-refractivity contribution in [3.63, 3.8) is 0 Å². The largest absolute Gasteiger partial charge is 0.490 e. The smallest absolute Gasteiger partial charge is 0.352 e. The van der Waals surface area contributed by atoms with Crippen LogP contribution in [-0.4, -0.2) is 22.2 Å². The topological polar surface area (TPSA) is 85.6 Å². The Bertz CT molecular complexity index is 823. The fraction of sp³-hybridized carbons (Fsp3) is 0.267. The van der Waals surface area contributed by atoms with Gasteiger partial charge in [0.2, 0.25) is 5.43 Å². The first kappa shape index (κ1) is 14.8. The molecule has 0 atom stereocenters. The molecule has 1 N–H and O–H groups in total. The second-order valence-electron chi connectivity index (χ2n) is 4.38. The number of ether oxygens (including phenoxy) is 1. The van der Waals surface area contributed by atoms with Crippen LogP contribution in [0.25, 0.3) is 10.9 Å². The van der Waals surface area contributed by atoms with Crippen molar-refractivity contribution in [3.8, 4) is 5.75 Å². The minimum absolute atomic E-state index is 0.0790. The van der Waals surface area contributed by atoms with Crippen LogP contribution in [0.5, 0.6) is 5.75 Å². The number of fused-ring (bicyclic) bond motifs is 1. The Morgan fingerprint density at radius 1 is 1.19 bits per heavy atom. The van der Waals surface area contributed by atoms with Crippen molar-refractivity contribution in [1.82, 2.24) is 4.57 Å². The van der Waals surface area contributed by atoms with Crippen LogP contribution in [0.4, 0.5) is 0 Å². The summed E-state index contributed by atoms with van der Waals surface area (Å²) < 4.78 is 6.71. The number of aromatic nitrogens is 1. The number of carboxylic acids is 1. The lowest BCUT2D eigenvalue weighted by Gasteiger charge is -2.10. The Hall–Kier alpha value is -2.63. The van der Waals surface area contributed by atoms with Crippen molar-refractivity contribution >= 4 is 16.9 Å². The molecule has 0 amide bonds. The van der Waals surface area contributed by atoms with Gasteiger partial charge in [-0.25, -0.2) is 4.79 Å². The van der Waals surface area contributed by atoms with Gasteiger partial charge in [-0.2, -0.15) is 0 Å². The second kappa shape index (κ2) is 5.78. The summed E-state index contributed by atoms with van der Waals surface area (Å²) in [6.45, 7) is 4.17. The van der Waals surface area contributed by atoms with Gasteiger partial charge in [-0.3, -0.25) is 9.59 Å². The second-order valence-corrected chi connectivity index (χ2v) is 4.38. The molecule has 0 aliphatic carbocycles. The molecular formula is C15H15NO5. The molecule has 21 heavy (non-hydrogen) atoms. The highest BCUT2D eigenvalue weighted by Gasteiger charge is 2.14. The van der Waals surface area contributed by atoms with Crippen LogP contribution in [0.15, 0.2) is 33.9 Å². The van der Waals surface area contributed by atoms with Gasteiger partial charge in [0.05, 0.1) is 12.1 Å². The summed E-state index contributed by atoms with van der Waals surface area (Å²) in [5.74, 6) is -1.11. The maximum absolute atomic E-state index is 12.1. The summed E-state index contributed by atoms with van der Waals surface area (Å²) >= 11 is 0. The van der Waals surface area contributed by atoms with Gasteiger partial charge in [0.15, 0.2) is 11.2 Å². The molecule has 6 nitrogen and oxygen atoms in total. The van der Waals surface area contributed by atoms with Crippen LogP contribution in [0.1, 0.15) is 24.3 Å². The Kier molecular flexibility index (Phi) is 4.07. The quantitative estimate of drug-likeness (QED) is 0.921. The van der Waals surface area contributed by atoms with E-state index in [4.69, 9.17) is 4.74 Å². The van der Waals surface area contributed by atoms with Crippen LogP contribution in [0, 0.1) is 0 Å². The van der Waals surface area contributed by atoms with Crippen LogP contribution < -0.4 is 15.6 Å². The lowest BCUT2D eigenvalue weighted by molar-refractivity contribution is 0.0685. The number of hydrogen-bond acceptors (Lipinski definition) is 4. The maximum Gasteiger partial charge on any atom is 0.352 e. The van der Waals surface area contributed by atoms with E-state index in [1.807, 2.05) is 0 Å². The summed E-state index contributed by atoms with van der Waals surface area (Å²) in [5, 5.41) is 9.45. The van der Waals surface area contributed by atoms with Gasteiger partial charge < -0.3 is 14.4 Å². The number of pyridine rings is 1. The lowest BCUT2D eigenvalue weighted by atomic mass is 10.2. The Balaban J connectivity index is 2.98. The SMILES string of the molecule is CCOc1cc2c(=O)cc(C(=O)O)n(CC)c2ccc1=O. The van der Waals surface area contributed by atoms with Crippen LogP contribution in [-0.2, 0) is 6.54 Å². The van der Waals surface area contributed by atoms with Crippen LogP contribution >= 0.6 is 0 Å². The van der Waals surface area contributed by atoms with Gasteiger partial charge >= 0.3 is 5.97 Å². The maximum atomic E-state index is 12.1. The van der Waals surface area contributed by atoms with E-state index in [9.17, 15) is 19.5 Å². The van der Waals surface area contributed by atoms with Crippen molar-refractivity contribution in [3.05, 3.63) is 50.4 Å². The van der Waals surface area contributed by atoms with Gasteiger partial charge in [-0.1, -0.05) is 0 Å². The first-order chi connectivity index (χ1) is 9.99. The van der Waals surface area contributed by atoms with Crippen molar-refractivity contribution in [1.29, 1.82) is 0 Å². The third kappa shape index (κ3) is 2.65. The van der Waals surface area contributed by atoms with E-state index in [1.165, 1.54) is 22.8 Å². The Labute approximate surface area is 120 Å². The molecule has 0 bridgehead atoms. The average Bonchev–Trinajstić information content (AvgIpc) is 2.60. The fourth-order valence-corrected chi connectivity index (χ4v) is 2.23. The molecule has 0 saturated heterocycles. The monoisotopic (exact) mass is 289 g/mol. The van der Waals surface area contributed by atoms with Gasteiger partial charge in [0.25, 0.3) is 0 Å². The predicted molar refractivity (Wildman–Crippen MR) is 78.3 cm³/mol. The number of aryl methyl sites for hydroxylation is 1. The van der Waals surface area contributed by atoms with Gasteiger partial charge in [0.1, 0.15) is 5.69 Å². The summed E-state index contributed by atoms with van der Waals surface area (Å²) in [4.78, 5) is 35.3. The van der Waals surface area contributed by atoms with E-state index in [0.29, 0.717) is 18.7 Å². The van der Waals surface area contributed by atoms with Crippen molar-refractivity contribution in [2.75, 3.05) is 6.61 Å². The number of nitrogens with zero attached hydrogens (tertiary/aromatic N) is 1. The fourth-order valence-electron chi connectivity index (χ4n) is 2.23. The zero-order valence-electron chi connectivity index (χ0n) is 11.8. The minimum atomic E-state index is -1.19. The van der Waals surface area contributed by atoms with Crippen LogP contribution in [0.3, 0.4) is 0 Å². The summed E-state index contributed by atoms with van der Waals surface area (Å²) in [6, 6.07) is 5.18. The van der Waals surface area contributed by atoms with Crippen molar-refractivity contribution < 1.29 is 14.6 Å². The standard InChI is InChI=1S/C15H15NO5/c1-3-16-10-5-6-12(17)14(21-4-2)7-9(10)13(18)8-11(16)15(19)20/h5-8H,3-4H2,1-2H3,(H,19,20). The highest BCUT2D eigenvalue weighted by Crippen LogP contribution is 2.15. The molecule has 0 unspecified atom stereocenters. The Morgan fingerprint density at radius 3 is 2.48 bits per heavy atom. The number of hydrogen-bond donors (Lipinski definition) is 1. The van der Waals surface area contributed by atoms with Crippen LogP contribution in [0.2, 0.25) is 0 Å². The van der Waals surface area contributed by atoms with E-state index < -0.39 is 11.4 Å². The number of rotatable bonds is 4. The zero-order chi connectivity index (χ0) is 15.6. The molecule has 6 heteroatoms. The number of carbonyl (C=O) groups is 1. The van der Waals surface area contributed by atoms with Gasteiger partial charge in [-0.15, -0.1) is 0 Å².